The standard InChI is InChI=1S/C23H34O5/c1-13(24)23(27)10-8-18-17-6-5-15-11-16(28-14(2)25)7-9-21(15,3)19(17)12-20(26)22(18,23)4/h15-19,27H,5-12H2,1-4H3/t15-,16-,17+,18+,19+,21-,22+,23+/m0/s1. The van der Waals surface area contributed by atoms with Gasteiger partial charge in [-0.15, -0.1) is 0 Å². The molecule has 156 valence electrons. The largest absolute Gasteiger partial charge is 0.463 e. The molecule has 0 radical (unpaired) electrons. The molecule has 0 bridgehead atoms. The van der Waals surface area contributed by atoms with E-state index in [1.54, 1.807) is 0 Å². The van der Waals surface area contributed by atoms with Crippen molar-refractivity contribution in [3.05, 3.63) is 0 Å². The first-order valence-corrected chi connectivity index (χ1v) is 11.0. The van der Waals surface area contributed by atoms with Crippen LogP contribution in [0.5, 0.6) is 0 Å². The van der Waals surface area contributed by atoms with Crippen LogP contribution in [0.4, 0.5) is 0 Å². The highest BCUT2D eigenvalue weighted by molar-refractivity contribution is 5.97. The Hall–Kier alpha value is -1.23. The predicted octanol–water partition coefficient (Wildman–Crippen LogP) is 3.46. The van der Waals surface area contributed by atoms with E-state index >= 15 is 0 Å². The zero-order valence-corrected chi connectivity index (χ0v) is 17.6. The molecule has 0 aromatic heterocycles. The predicted molar refractivity (Wildman–Crippen MR) is 103 cm³/mol. The lowest BCUT2D eigenvalue weighted by atomic mass is 9.44. The van der Waals surface area contributed by atoms with E-state index in [4.69, 9.17) is 4.74 Å². The SMILES string of the molecule is CC(=O)O[C@H]1CC[C@@]2(C)[C@@H](CC[C@H]3[C@H]2CC(=O)[C@@]2(C)[C@@H]3CC[C@@]2(O)C(C)=O)C1. The first-order chi connectivity index (χ1) is 13.0. The van der Waals surface area contributed by atoms with Crippen molar-refractivity contribution in [1.29, 1.82) is 0 Å². The van der Waals surface area contributed by atoms with Crippen molar-refractivity contribution in [2.24, 2.45) is 34.5 Å². The monoisotopic (exact) mass is 390 g/mol. The Labute approximate surface area is 167 Å². The lowest BCUT2D eigenvalue weighted by Crippen LogP contribution is -2.62. The highest BCUT2D eigenvalue weighted by Gasteiger charge is 2.69. The number of fused-ring (bicyclic) bond motifs is 5. The molecule has 0 saturated heterocycles. The highest BCUT2D eigenvalue weighted by Crippen LogP contribution is 2.67. The van der Waals surface area contributed by atoms with Gasteiger partial charge in [0.05, 0.1) is 5.41 Å². The molecular weight excluding hydrogens is 356 g/mol. The van der Waals surface area contributed by atoms with E-state index in [0.717, 1.165) is 38.5 Å². The Bertz CT molecular complexity index is 716. The smallest absolute Gasteiger partial charge is 0.302 e. The van der Waals surface area contributed by atoms with Gasteiger partial charge in [0.2, 0.25) is 0 Å². The van der Waals surface area contributed by atoms with Gasteiger partial charge in [0.15, 0.2) is 5.78 Å². The number of ether oxygens (including phenoxy) is 1. The first-order valence-electron chi connectivity index (χ1n) is 11.0. The second kappa shape index (κ2) is 6.38. The molecule has 0 unspecified atom stereocenters. The normalized spacial score (nSPS) is 50.3. The van der Waals surface area contributed by atoms with Gasteiger partial charge in [0.25, 0.3) is 0 Å². The van der Waals surface area contributed by atoms with Crippen LogP contribution >= 0.6 is 0 Å². The molecule has 0 aliphatic heterocycles. The molecule has 4 rings (SSSR count). The number of carbonyl (C=O) groups is 3. The third-order valence-corrected chi connectivity index (χ3v) is 9.53. The zero-order chi connectivity index (χ0) is 20.5. The number of aliphatic hydroxyl groups is 1. The van der Waals surface area contributed by atoms with Gasteiger partial charge in [-0.1, -0.05) is 6.92 Å². The molecule has 28 heavy (non-hydrogen) atoms. The number of carbonyl (C=O) groups excluding carboxylic acids is 3. The van der Waals surface area contributed by atoms with Gasteiger partial charge in [0, 0.05) is 13.3 Å². The number of hydrogen-bond acceptors (Lipinski definition) is 5. The first kappa shape index (κ1) is 20.1. The fraction of sp³-hybridized carbons (Fsp3) is 0.870. The van der Waals surface area contributed by atoms with Crippen LogP contribution in [0, 0.1) is 34.5 Å². The average molecular weight is 391 g/mol. The summed E-state index contributed by atoms with van der Waals surface area (Å²) in [4.78, 5) is 37.1. The average Bonchev–Trinajstić information content (AvgIpc) is 2.90. The van der Waals surface area contributed by atoms with Crippen LogP contribution < -0.4 is 0 Å². The summed E-state index contributed by atoms with van der Waals surface area (Å²) in [5.41, 5.74) is -2.35. The van der Waals surface area contributed by atoms with E-state index in [2.05, 4.69) is 6.92 Å². The molecule has 8 atom stereocenters. The topological polar surface area (TPSA) is 80.7 Å². The minimum atomic E-state index is -1.50. The van der Waals surface area contributed by atoms with Gasteiger partial charge in [0.1, 0.15) is 17.5 Å². The third-order valence-electron chi connectivity index (χ3n) is 9.53. The lowest BCUT2D eigenvalue weighted by Gasteiger charge is -2.60. The summed E-state index contributed by atoms with van der Waals surface area (Å²) >= 11 is 0. The fourth-order valence-corrected chi connectivity index (χ4v) is 7.86. The van der Waals surface area contributed by atoms with Crippen molar-refractivity contribution in [3.63, 3.8) is 0 Å². The molecule has 5 heteroatoms. The molecular formula is C23H34O5. The van der Waals surface area contributed by atoms with Crippen LogP contribution in [0.1, 0.15) is 79.1 Å². The minimum Gasteiger partial charge on any atom is -0.463 e. The summed E-state index contributed by atoms with van der Waals surface area (Å²) in [6.07, 6.45) is 6.50. The lowest BCUT2D eigenvalue weighted by molar-refractivity contribution is -0.181. The van der Waals surface area contributed by atoms with Gasteiger partial charge in [-0.25, -0.2) is 0 Å². The summed E-state index contributed by atoms with van der Waals surface area (Å²) in [5, 5.41) is 11.2. The van der Waals surface area contributed by atoms with Gasteiger partial charge >= 0.3 is 5.97 Å². The Kier molecular flexibility index (Phi) is 4.57. The number of rotatable bonds is 2. The third kappa shape index (κ3) is 2.50. The number of Topliss-reactive ketones (excluding diaryl/α,β-unsaturated/α-hetero) is 2. The summed E-state index contributed by atoms with van der Waals surface area (Å²) in [5.74, 6) is 0.880. The molecule has 0 aromatic rings. The molecule has 4 fully saturated rings. The van der Waals surface area contributed by atoms with E-state index in [1.165, 1.54) is 13.8 Å². The quantitative estimate of drug-likeness (QED) is 0.730. The van der Waals surface area contributed by atoms with Crippen molar-refractivity contribution in [1.82, 2.24) is 0 Å². The highest BCUT2D eigenvalue weighted by atomic mass is 16.5. The molecule has 4 saturated carbocycles. The van der Waals surface area contributed by atoms with Gasteiger partial charge < -0.3 is 9.84 Å². The van der Waals surface area contributed by atoms with Crippen molar-refractivity contribution >= 4 is 17.5 Å². The molecule has 4 aliphatic carbocycles. The van der Waals surface area contributed by atoms with Crippen molar-refractivity contribution < 1.29 is 24.2 Å². The minimum absolute atomic E-state index is 0.00553. The van der Waals surface area contributed by atoms with E-state index in [1.807, 2.05) is 6.92 Å². The molecule has 4 aliphatic rings. The van der Waals surface area contributed by atoms with Crippen LogP contribution in [0.2, 0.25) is 0 Å². The van der Waals surface area contributed by atoms with Crippen molar-refractivity contribution in [2.45, 2.75) is 90.8 Å². The number of ketones is 2. The van der Waals surface area contributed by atoms with Crippen LogP contribution in [0.3, 0.4) is 0 Å². The van der Waals surface area contributed by atoms with E-state index in [0.29, 0.717) is 30.6 Å². The van der Waals surface area contributed by atoms with Gasteiger partial charge in [-0.2, -0.15) is 0 Å². The van der Waals surface area contributed by atoms with Crippen LogP contribution in [-0.4, -0.2) is 34.3 Å². The molecule has 0 aromatic carbocycles. The van der Waals surface area contributed by atoms with E-state index in [9.17, 15) is 19.5 Å². The Morgan fingerprint density at radius 2 is 1.75 bits per heavy atom. The second-order valence-electron chi connectivity index (χ2n) is 10.4. The molecule has 0 amide bonds. The van der Waals surface area contributed by atoms with Crippen LogP contribution in [-0.2, 0) is 19.1 Å². The number of esters is 1. The van der Waals surface area contributed by atoms with E-state index < -0.39 is 11.0 Å². The van der Waals surface area contributed by atoms with Crippen LogP contribution in [0.15, 0.2) is 0 Å². The Morgan fingerprint density at radius 3 is 2.39 bits per heavy atom. The maximum absolute atomic E-state index is 13.4. The molecule has 0 spiro atoms. The van der Waals surface area contributed by atoms with Crippen molar-refractivity contribution in [3.8, 4) is 0 Å². The zero-order valence-electron chi connectivity index (χ0n) is 17.6. The molecule has 1 N–H and O–H groups in total. The van der Waals surface area contributed by atoms with Crippen LogP contribution in [0.25, 0.3) is 0 Å². The Morgan fingerprint density at radius 1 is 1.04 bits per heavy atom. The van der Waals surface area contributed by atoms with Gasteiger partial charge in [-0.05, 0) is 87.9 Å². The molecule has 0 heterocycles. The van der Waals surface area contributed by atoms with E-state index in [-0.39, 0.29) is 35.0 Å². The maximum atomic E-state index is 13.4. The summed E-state index contributed by atoms with van der Waals surface area (Å²) in [6.45, 7) is 7.10. The summed E-state index contributed by atoms with van der Waals surface area (Å²) < 4.78 is 5.50. The second-order valence-corrected chi connectivity index (χ2v) is 10.4. The van der Waals surface area contributed by atoms with Crippen molar-refractivity contribution in [2.75, 3.05) is 0 Å². The molecule has 5 nitrogen and oxygen atoms in total. The Balaban J connectivity index is 1.62. The summed E-state index contributed by atoms with van der Waals surface area (Å²) in [6, 6.07) is 0. The number of hydrogen-bond donors (Lipinski definition) is 1. The summed E-state index contributed by atoms with van der Waals surface area (Å²) in [7, 11) is 0. The maximum Gasteiger partial charge on any atom is 0.302 e. The fourth-order valence-electron chi connectivity index (χ4n) is 7.86. The van der Waals surface area contributed by atoms with Gasteiger partial charge in [-0.3, -0.25) is 14.4 Å².